The number of rotatable bonds is 3. The molecule has 9 heteroatoms. The zero-order valence-corrected chi connectivity index (χ0v) is 27.8. The highest BCUT2D eigenvalue weighted by Gasteiger charge is 2.52. The molecule has 1 N–H and O–H groups in total. The van der Waals surface area contributed by atoms with Crippen LogP contribution >= 0.6 is 0 Å². The minimum atomic E-state index is -0.538. The van der Waals surface area contributed by atoms with E-state index < -0.39 is 12.7 Å². The molecule has 8 nitrogen and oxygen atoms in total. The third kappa shape index (κ3) is 4.82. The number of H-pyrrole nitrogens is 1. The molecule has 3 aromatic carbocycles. The van der Waals surface area contributed by atoms with Crippen molar-refractivity contribution in [1.29, 1.82) is 0 Å². The summed E-state index contributed by atoms with van der Waals surface area (Å²) in [6.45, 7) is 14.5. The fourth-order valence-corrected chi connectivity index (χ4v) is 7.59. The normalized spacial score (nSPS) is 24.2. The summed E-state index contributed by atoms with van der Waals surface area (Å²) in [6.07, 6.45) is 2.89. The monoisotopic (exact) mass is 619 g/mol. The number of hydrogen-bond acceptors (Lipinski definition) is 6. The molecule has 8 rings (SSSR count). The molecule has 3 fully saturated rings. The van der Waals surface area contributed by atoms with E-state index in [0.717, 1.165) is 69.6 Å². The fourth-order valence-electron chi connectivity index (χ4n) is 7.59. The molecular formula is C37H42BN3O5. The summed E-state index contributed by atoms with van der Waals surface area (Å²) in [5.74, 6) is 2.11. The van der Waals surface area contributed by atoms with Crippen molar-refractivity contribution >= 4 is 29.7 Å². The number of imidazole rings is 1. The predicted molar refractivity (Wildman–Crippen MR) is 179 cm³/mol. The van der Waals surface area contributed by atoms with Gasteiger partial charge < -0.3 is 23.8 Å². The van der Waals surface area contributed by atoms with E-state index in [0.29, 0.717) is 12.5 Å². The molecule has 1 aromatic heterocycles. The largest absolute Gasteiger partial charge is 0.494 e. The first-order chi connectivity index (χ1) is 21.8. The number of amides is 1. The molecule has 4 aliphatic rings. The van der Waals surface area contributed by atoms with Gasteiger partial charge in [-0.25, -0.2) is 9.78 Å². The van der Waals surface area contributed by atoms with Gasteiger partial charge in [0.15, 0.2) is 0 Å². The number of aromatic nitrogens is 2. The highest BCUT2D eigenvalue weighted by Crippen LogP contribution is 2.50. The van der Waals surface area contributed by atoms with Gasteiger partial charge in [0.2, 0.25) is 0 Å². The van der Waals surface area contributed by atoms with Crippen LogP contribution in [0.15, 0.2) is 54.6 Å². The Morgan fingerprint density at radius 1 is 0.957 bits per heavy atom. The molecule has 1 saturated carbocycles. The van der Waals surface area contributed by atoms with Crippen LogP contribution in [0.5, 0.6) is 5.75 Å². The van der Waals surface area contributed by atoms with Crippen molar-refractivity contribution in [2.75, 3.05) is 0 Å². The van der Waals surface area contributed by atoms with Crippen molar-refractivity contribution in [2.24, 2.45) is 5.92 Å². The summed E-state index contributed by atoms with van der Waals surface area (Å²) in [4.78, 5) is 23.7. The van der Waals surface area contributed by atoms with Crippen molar-refractivity contribution in [3.05, 3.63) is 66.0 Å². The highest BCUT2D eigenvalue weighted by molar-refractivity contribution is 6.62. The molecule has 2 bridgehead atoms. The van der Waals surface area contributed by atoms with Crippen molar-refractivity contribution in [2.45, 2.75) is 103 Å². The summed E-state index contributed by atoms with van der Waals surface area (Å²) in [7, 11) is -0.402. The number of ether oxygens (including phenoxy) is 2. The second-order valence-corrected chi connectivity index (χ2v) is 15.4. The molecule has 3 unspecified atom stereocenters. The zero-order valence-electron chi connectivity index (χ0n) is 27.8. The predicted octanol–water partition coefficient (Wildman–Crippen LogP) is 7.55. The maximum Gasteiger partial charge on any atom is 0.494 e. The molecule has 1 amide bonds. The van der Waals surface area contributed by atoms with E-state index in [1.807, 2.05) is 25.7 Å². The van der Waals surface area contributed by atoms with E-state index in [-0.39, 0.29) is 29.4 Å². The number of nitrogens with zero attached hydrogens (tertiary/aromatic N) is 2. The number of carbonyl (C=O) groups is 1. The summed E-state index contributed by atoms with van der Waals surface area (Å²) in [5, 5.41) is 0. The fraction of sp³-hybridized carbons (Fsp3) is 0.459. The Kier molecular flexibility index (Phi) is 6.49. The molecule has 4 aromatic rings. The third-order valence-electron chi connectivity index (χ3n) is 10.6. The Hall–Kier alpha value is -3.82. The van der Waals surface area contributed by atoms with Crippen molar-refractivity contribution in [3.8, 4) is 28.0 Å². The van der Waals surface area contributed by atoms with Crippen LogP contribution < -0.4 is 10.2 Å². The van der Waals surface area contributed by atoms with Gasteiger partial charge in [-0.3, -0.25) is 4.90 Å². The van der Waals surface area contributed by atoms with Gasteiger partial charge in [0, 0.05) is 11.6 Å². The maximum absolute atomic E-state index is 13.2. The second-order valence-electron chi connectivity index (χ2n) is 15.4. The Bertz CT molecular complexity index is 1860. The molecule has 238 valence electrons. The number of benzene rings is 3. The maximum atomic E-state index is 13.2. The molecular weight excluding hydrogens is 577 g/mol. The topological polar surface area (TPSA) is 85.9 Å². The third-order valence-corrected chi connectivity index (χ3v) is 10.6. The summed E-state index contributed by atoms with van der Waals surface area (Å²) in [6, 6.07) is 19.3. The lowest BCUT2D eigenvalue weighted by atomic mass is 9.77. The zero-order chi connectivity index (χ0) is 32.2. The van der Waals surface area contributed by atoms with Crippen molar-refractivity contribution in [3.63, 3.8) is 0 Å². The second kappa shape index (κ2) is 10.1. The van der Waals surface area contributed by atoms with Gasteiger partial charge in [-0.05, 0) is 120 Å². The van der Waals surface area contributed by atoms with E-state index in [2.05, 4.69) is 87.3 Å². The van der Waals surface area contributed by atoms with E-state index in [1.165, 1.54) is 5.56 Å². The van der Waals surface area contributed by atoms with Gasteiger partial charge in [0.1, 0.15) is 23.8 Å². The smallest absolute Gasteiger partial charge is 0.488 e. The number of piperidine rings is 1. The van der Waals surface area contributed by atoms with Crippen LogP contribution in [-0.4, -0.2) is 50.9 Å². The van der Waals surface area contributed by atoms with Crippen molar-refractivity contribution < 1.29 is 23.6 Å². The number of aromatic amines is 1. The molecule has 3 aliphatic heterocycles. The van der Waals surface area contributed by atoms with Crippen LogP contribution in [0.2, 0.25) is 0 Å². The first kappa shape index (κ1) is 29.6. The van der Waals surface area contributed by atoms with E-state index in [4.69, 9.17) is 23.8 Å². The number of likely N-dealkylation sites (tertiary alicyclic amines) is 1. The quantitative estimate of drug-likeness (QED) is 0.239. The SMILES string of the molecule is CC(C)(C)OC(=O)N1C2CCC(C2)C1c1nc2ccc(-c3ccc4c(c3)OCc3cc(B5OC(C)(C)C(C)(C)O5)ccc3-4)cc2[nH]1. The number of carbonyl (C=O) groups excluding carboxylic acids is 1. The molecule has 3 atom stereocenters. The van der Waals surface area contributed by atoms with Gasteiger partial charge in [-0.2, -0.15) is 0 Å². The van der Waals surface area contributed by atoms with Gasteiger partial charge >= 0.3 is 13.2 Å². The Morgan fingerprint density at radius 3 is 2.43 bits per heavy atom. The molecule has 1 aliphatic carbocycles. The van der Waals surface area contributed by atoms with Crippen LogP contribution in [0.1, 0.15) is 85.2 Å². The first-order valence-corrected chi connectivity index (χ1v) is 16.5. The summed E-state index contributed by atoms with van der Waals surface area (Å²) < 4.78 is 24.7. The Balaban J connectivity index is 1.05. The standard InChI is InChI=1S/C37H42BN3O5/c1-35(2,3)44-34(42)41-26-12-8-23(17-26)32(41)33-39-29-15-10-21(18-30(29)40-33)22-9-13-28-27-14-11-25(16-24(27)20-43-31(28)19-22)38-45-36(4,5)37(6,7)46-38/h9-11,13-16,18-19,23,26,32H,8,12,17,20H2,1-7H3,(H,39,40). The van der Waals surface area contributed by atoms with Crippen LogP contribution in [0.4, 0.5) is 4.79 Å². The van der Waals surface area contributed by atoms with Crippen LogP contribution in [0.3, 0.4) is 0 Å². The van der Waals surface area contributed by atoms with Gasteiger partial charge in [-0.15, -0.1) is 0 Å². The van der Waals surface area contributed by atoms with Crippen LogP contribution in [0.25, 0.3) is 33.3 Å². The van der Waals surface area contributed by atoms with E-state index >= 15 is 0 Å². The average Bonchev–Trinajstić information content (AvgIpc) is 3.76. The highest BCUT2D eigenvalue weighted by atomic mass is 16.7. The minimum Gasteiger partial charge on any atom is -0.488 e. The molecule has 46 heavy (non-hydrogen) atoms. The van der Waals surface area contributed by atoms with Gasteiger partial charge in [0.05, 0.1) is 28.3 Å². The van der Waals surface area contributed by atoms with Gasteiger partial charge in [-0.1, -0.05) is 36.4 Å². The molecule has 0 spiro atoms. The lowest BCUT2D eigenvalue weighted by molar-refractivity contribution is 0.00578. The molecule has 4 heterocycles. The van der Waals surface area contributed by atoms with Crippen molar-refractivity contribution in [1.82, 2.24) is 14.9 Å². The minimum absolute atomic E-state index is 0.0908. The lowest BCUT2D eigenvalue weighted by Crippen LogP contribution is -2.43. The number of nitrogens with one attached hydrogen (secondary N) is 1. The van der Waals surface area contributed by atoms with Crippen LogP contribution in [0, 0.1) is 5.92 Å². The van der Waals surface area contributed by atoms with Crippen LogP contribution in [-0.2, 0) is 20.7 Å². The lowest BCUT2D eigenvalue weighted by Gasteiger charge is -2.35. The number of fused-ring (bicyclic) bond motifs is 6. The number of hydrogen-bond donors (Lipinski definition) is 1. The Labute approximate surface area is 270 Å². The first-order valence-electron chi connectivity index (χ1n) is 16.5. The molecule has 2 saturated heterocycles. The van der Waals surface area contributed by atoms with E-state index in [9.17, 15) is 4.79 Å². The van der Waals surface area contributed by atoms with Gasteiger partial charge in [0.25, 0.3) is 0 Å². The average molecular weight is 620 g/mol. The van der Waals surface area contributed by atoms with E-state index in [1.54, 1.807) is 0 Å². The Morgan fingerprint density at radius 2 is 1.67 bits per heavy atom. The summed E-state index contributed by atoms with van der Waals surface area (Å²) in [5.41, 5.74) is 7.07. The summed E-state index contributed by atoms with van der Waals surface area (Å²) >= 11 is 0. The molecule has 0 radical (unpaired) electrons.